The second-order valence-electron chi connectivity index (χ2n) is 4.99. The van der Waals surface area contributed by atoms with Crippen LogP contribution in [0.15, 0.2) is 30.7 Å². The molecule has 2 heterocycles. The van der Waals surface area contributed by atoms with Gasteiger partial charge in [-0.1, -0.05) is 18.5 Å². The molecule has 1 N–H and O–H groups in total. The fourth-order valence-electron chi connectivity index (χ4n) is 2.16. The lowest BCUT2D eigenvalue weighted by molar-refractivity contribution is 0.469. The maximum atomic E-state index is 6.21. The highest BCUT2D eigenvalue weighted by Gasteiger charge is 2.15. The van der Waals surface area contributed by atoms with Gasteiger partial charge in [0.1, 0.15) is 0 Å². The van der Waals surface area contributed by atoms with Gasteiger partial charge in [-0.2, -0.15) is 5.10 Å². The van der Waals surface area contributed by atoms with Gasteiger partial charge in [-0.05, 0) is 38.1 Å². The van der Waals surface area contributed by atoms with Gasteiger partial charge < -0.3 is 5.32 Å². The molecule has 108 valence electrons. The maximum Gasteiger partial charge on any atom is 0.0643 e. The summed E-state index contributed by atoms with van der Waals surface area (Å²) in [5.74, 6) is 0. The van der Waals surface area contributed by atoms with E-state index in [1.54, 1.807) is 12.4 Å². The molecule has 0 saturated heterocycles. The molecule has 0 saturated carbocycles. The van der Waals surface area contributed by atoms with Crippen molar-refractivity contribution in [3.63, 3.8) is 0 Å². The summed E-state index contributed by atoms with van der Waals surface area (Å²) >= 11 is 6.21. The summed E-state index contributed by atoms with van der Waals surface area (Å²) in [5.41, 5.74) is 2.12. The van der Waals surface area contributed by atoms with Gasteiger partial charge in [-0.15, -0.1) is 0 Å². The first-order chi connectivity index (χ1) is 9.65. The molecule has 0 amide bonds. The number of pyridine rings is 1. The summed E-state index contributed by atoms with van der Waals surface area (Å²) in [7, 11) is 1.94. The summed E-state index contributed by atoms with van der Waals surface area (Å²) in [6.45, 7) is 4.34. The number of likely N-dealkylation sites (N-methyl/N-ethyl adjacent to an activating group) is 1. The first-order valence-corrected chi connectivity index (χ1v) is 7.34. The number of hydrogen-bond donors (Lipinski definition) is 1. The molecule has 4 nitrogen and oxygen atoms in total. The van der Waals surface area contributed by atoms with Crippen molar-refractivity contribution in [1.29, 1.82) is 0 Å². The summed E-state index contributed by atoms with van der Waals surface area (Å²) < 4.78 is 2.02. The van der Waals surface area contributed by atoms with Gasteiger partial charge in [0.2, 0.25) is 0 Å². The van der Waals surface area contributed by atoms with Gasteiger partial charge in [0, 0.05) is 37.1 Å². The highest BCUT2D eigenvalue weighted by Crippen LogP contribution is 2.24. The number of halogens is 1. The largest absolute Gasteiger partial charge is 0.313 e. The van der Waals surface area contributed by atoms with Gasteiger partial charge >= 0.3 is 0 Å². The van der Waals surface area contributed by atoms with Crippen LogP contribution in [0.25, 0.3) is 0 Å². The fourth-order valence-corrected chi connectivity index (χ4v) is 2.42. The summed E-state index contributed by atoms with van der Waals surface area (Å²) in [4.78, 5) is 4.03. The van der Waals surface area contributed by atoms with E-state index in [2.05, 4.69) is 35.3 Å². The Morgan fingerprint density at radius 1 is 1.40 bits per heavy atom. The Bertz CT molecular complexity index is 552. The summed E-state index contributed by atoms with van der Waals surface area (Å²) in [6.07, 6.45) is 7.38. The monoisotopic (exact) mass is 292 g/mol. The van der Waals surface area contributed by atoms with E-state index in [4.69, 9.17) is 11.6 Å². The lowest BCUT2D eigenvalue weighted by atomic mass is 10.0. The third-order valence-corrected chi connectivity index (χ3v) is 3.96. The molecule has 2 aromatic rings. The molecule has 0 aliphatic carbocycles. The molecule has 0 aromatic carbocycles. The zero-order valence-electron chi connectivity index (χ0n) is 12.2. The Labute approximate surface area is 125 Å². The molecule has 2 atom stereocenters. The van der Waals surface area contributed by atoms with E-state index in [1.807, 2.05) is 24.0 Å². The Morgan fingerprint density at radius 3 is 2.85 bits per heavy atom. The zero-order chi connectivity index (χ0) is 14.5. The summed E-state index contributed by atoms with van der Waals surface area (Å²) in [5, 5.41) is 8.63. The van der Waals surface area contributed by atoms with Crippen molar-refractivity contribution >= 4 is 11.6 Å². The molecule has 2 unspecified atom stereocenters. The second kappa shape index (κ2) is 6.86. The second-order valence-corrected chi connectivity index (χ2v) is 5.39. The average molecular weight is 293 g/mol. The number of rotatable bonds is 6. The molecule has 0 radical (unpaired) electrons. The minimum absolute atomic E-state index is 0.144. The molecule has 0 fully saturated rings. The third kappa shape index (κ3) is 3.38. The average Bonchev–Trinajstić information content (AvgIpc) is 2.93. The van der Waals surface area contributed by atoms with Crippen LogP contribution in [0.1, 0.15) is 43.6 Å². The standard InChI is InChI=1S/C15H21ClN4/c1-4-11(2)20-8-6-12(19-20)9-15(17-3)13-5-7-18-10-14(13)16/h5-8,10-11,15,17H,4,9H2,1-3H3. The first kappa shape index (κ1) is 15.0. The van der Waals surface area contributed by atoms with Gasteiger partial charge in [-0.25, -0.2) is 0 Å². The molecule has 0 aliphatic rings. The van der Waals surface area contributed by atoms with E-state index in [0.717, 1.165) is 24.1 Å². The van der Waals surface area contributed by atoms with Crippen LogP contribution < -0.4 is 5.32 Å². The molecular weight excluding hydrogens is 272 g/mol. The number of aromatic nitrogens is 3. The van der Waals surface area contributed by atoms with E-state index >= 15 is 0 Å². The quantitative estimate of drug-likeness (QED) is 0.887. The number of hydrogen-bond acceptors (Lipinski definition) is 3. The lowest BCUT2D eigenvalue weighted by Gasteiger charge is -2.16. The molecule has 0 spiro atoms. The van der Waals surface area contributed by atoms with Crippen LogP contribution in [-0.2, 0) is 6.42 Å². The van der Waals surface area contributed by atoms with E-state index < -0.39 is 0 Å². The Hall–Kier alpha value is -1.39. The van der Waals surface area contributed by atoms with Gasteiger partial charge in [0.15, 0.2) is 0 Å². The van der Waals surface area contributed by atoms with Crippen molar-refractivity contribution in [1.82, 2.24) is 20.1 Å². The topological polar surface area (TPSA) is 42.7 Å². The highest BCUT2D eigenvalue weighted by atomic mass is 35.5. The van der Waals surface area contributed by atoms with Gasteiger partial charge in [0.05, 0.1) is 10.7 Å². The fraction of sp³-hybridized carbons (Fsp3) is 0.467. The number of nitrogens with zero attached hydrogens (tertiary/aromatic N) is 3. The van der Waals surface area contributed by atoms with E-state index in [0.29, 0.717) is 11.1 Å². The van der Waals surface area contributed by atoms with Crippen LogP contribution in [-0.4, -0.2) is 21.8 Å². The Balaban J connectivity index is 2.15. The molecule has 0 aliphatic heterocycles. The predicted octanol–water partition coefficient (Wildman–Crippen LogP) is 3.41. The van der Waals surface area contributed by atoms with Crippen molar-refractivity contribution in [2.45, 2.75) is 38.8 Å². The molecule has 2 rings (SSSR count). The van der Waals surface area contributed by atoms with Crippen LogP contribution in [0.5, 0.6) is 0 Å². The van der Waals surface area contributed by atoms with Gasteiger partial charge in [-0.3, -0.25) is 9.67 Å². The lowest BCUT2D eigenvalue weighted by Crippen LogP contribution is -2.19. The van der Waals surface area contributed by atoms with Crippen molar-refractivity contribution < 1.29 is 0 Å². The molecule has 0 bridgehead atoms. The molecule has 2 aromatic heterocycles. The van der Waals surface area contributed by atoms with E-state index in [9.17, 15) is 0 Å². The normalized spacial score (nSPS) is 14.2. The maximum absolute atomic E-state index is 6.21. The highest BCUT2D eigenvalue weighted by molar-refractivity contribution is 6.31. The van der Waals surface area contributed by atoms with Crippen LogP contribution in [0.2, 0.25) is 5.02 Å². The molecular formula is C15H21ClN4. The van der Waals surface area contributed by atoms with E-state index in [-0.39, 0.29) is 6.04 Å². The van der Waals surface area contributed by atoms with Crippen molar-refractivity contribution in [2.24, 2.45) is 0 Å². The predicted molar refractivity (Wildman–Crippen MR) is 82.0 cm³/mol. The van der Waals surface area contributed by atoms with Crippen LogP contribution >= 0.6 is 11.6 Å². The first-order valence-electron chi connectivity index (χ1n) is 6.96. The van der Waals surface area contributed by atoms with Crippen molar-refractivity contribution in [2.75, 3.05) is 7.05 Å². The Kier molecular flexibility index (Phi) is 5.15. The van der Waals surface area contributed by atoms with Crippen LogP contribution in [0.3, 0.4) is 0 Å². The Morgan fingerprint density at radius 2 is 2.20 bits per heavy atom. The smallest absolute Gasteiger partial charge is 0.0643 e. The van der Waals surface area contributed by atoms with E-state index in [1.165, 1.54) is 0 Å². The molecule has 5 heteroatoms. The van der Waals surface area contributed by atoms with Gasteiger partial charge in [0.25, 0.3) is 0 Å². The third-order valence-electron chi connectivity index (χ3n) is 3.65. The SMILES string of the molecule is CCC(C)n1ccc(CC(NC)c2ccncc2Cl)n1. The zero-order valence-corrected chi connectivity index (χ0v) is 12.9. The molecule has 20 heavy (non-hydrogen) atoms. The van der Waals surface area contributed by atoms with Crippen LogP contribution in [0, 0.1) is 0 Å². The summed E-state index contributed by atoms with van der Waals surface area (Å²) in [6, 6.07) is 4.60. The van der Waals surface area contributed by atoms with Crippen molar-refractivity contribution in [3.8, 4) is 0 Å². The number of nitrogens with one attached hydrogen (secondary N) is 1. The van der Waals surface area contributed by atoms with Crippen molar-refractivity contribution in [3.05, 3.63) is 47.0 Å². The minimum atomic E-state index is 0.144. The van der Waals surface area contributed by atoms with Crippen LogP contribution in [0.4, 0.5) is 0 Å². The minimum Gasteiger partial charge on any atom is -0.313 e.